The average molecular weight is 554 g/mol. The minimum absolute atomic E-state index is 0.0791. The molecule has 1 unspecified atom stereocenters. The lowest BCUT2D eigenvalue weighted by Crippen LogP contribution is -2.12. The van der Waals surface area contributed by atoms with E-state index < -0.39 is 36.0 Å². The maximum Gasteiger partial charge on any atom is 0.416 e. The second-order valence-corrected chi connectivity index (χ2v) is 9.12. The predicted molar refractivity (Wildman–Crippen MR) is 134 cm³/mol. The van der Waals surface area contributed by atoms with Gasteiger partial charge in [-0.1, -0.05) is 38.3 Å². The van der Waals surface area contributed by atoms with Crippen LogP contribution >= 0.6 is 0 Å². The van der Waals surface area contributed by atoms with Gasteiger partial charge in [0, 0.05) is 5.56 Å². The molecule has 0 heterocycles. The number of nitrogens with two attached hydrogens (primary N) is 1. The summed E-state index contributed by atoms with van der Waals surface area (Å²) in [7, 11) is 0. The molecule has 0 spiro atoms. The van der Waals surface area contributed by atoms with E-state index in [1.165, 1.54) is 12.1 Å². The molecule has 1 atom stereocenters. The van der Waals surface area contributed by atoms with E-state index in [4.69, 9.17) is 15.2 Å². The lowest BCUT2D eigenvalue weighted by atomic mass is 10.0. The van der Waals surface area contributed by atoms with Crippen LogP contribution in [0.3, 0.4) is 0 Å². The van der Waals surface area contributed by atoms with Crippen molar-refractivity contribution in [3.05, 3.63) is 94.5 Å². The largest absolute Gasteiger partial charge is 0.489 e. The summed E-state index contributed by atoms with van der Waals surface area (Å²) in [6.45, 7) is 1.63. The smallest absolute Gasteiger partial charge is 0.416 e. The van der Waals surface area contributed by atoms with E-state index in [9.17, 15) is 31.1 Å². The zero-order chi connectivity index (χ0) is 28.6. The lowest BCUT2D eigenvalue weighted by Gasteiger charge is -2.20. The molecule has 3 rings (SSSR count). The summed E-state index contributed by atoms with van der Waals surface area (Å²) >= 11 is 0. The van der Waals surface area contributed by atoms with Crippen molar-refractivity contribution in [3.63, 3.8) is 0 Å². The highest BCUT2D eigenvalue weighted by Crippen LogP contribution is 2.36. The number of carbonyl (C=O) groups excluding carboxylic acids is 1. The highest BCUT2D eigenvalue weighted by atomic mass is 19.4. The Balaban J connectivity index is 1.71. The number of hydrogen-bond donors (Lipinski definition) is 1. The number of unbranched alkanes of at least 4 members (excludes halogenated alkanes) is 3. The zero-order valence-electron chi connectivity index (χ0n) is 21.2. The van der Waals surface area contributed by atoms with Gasteiger partial charge in [0.15, 0.2) is 0 Å². The quantitative estimate of drug-likeness (QED) is 0.181. The van der Waals surface area contributed by atoms with Gasteiger partial charge in [-0.25, -0.2) is 0 Å². The first-order valence-corrected chi connectivity index (χ1v) is 12.4. The molecule has 0 bridgehead atoms. The van der Waals surface area contributed by atoms with Crippen molar-refractivity contribution < 1.29 is 40.6 Å². The fourth-order valence-corrected chi connectivity index (χ4v) is 3.96. The van der Waals surface area contributed by atoms with Gasteiger partial charge in [-0.3, -0.25) is 4.79 Å². The van der Waals surface area contributed by atoms with Crippen molar-refractivity contribution >= 4 is 5.91 Å². The molecule has 2 N–H and O–H groups in total. The number of carbonyl (C=O) groups is 1. The highest BCUT2D eigenvalue weighted by Gasteiger charge is 2.36. The molecule has 4 nitrogen and oxygen atoms in total. The van der Waals surface area contributed by atoms with Crippen molar-refractivity contribution in [1.82, 2.24) is 0 Å². The molecule has 0 aromatic heterocycles. The third-order valence-corrected chi connectivity index (χ3v) is 6.04. The second kappa shape index (κ2) is 12.9. The summed E-state index contributed by atoms with van der Waals surface area (Å²) < 4.78 is 90.2. The predicted octanol–water partition coefficient (Wildman–Crippen LogP) is 8.49. The second-order valence-electron chi connectivity index (χ2n) is 9.12. The number of amides is 1. The number of alkyl halides is 6. The van der Waals surface area contributed by atoms with E-state index >= 15 is 0 Å². The van der Waals surface area contributed by atoms with E-state index in [1.807, 2.05) is 0 Å². The van der Waals surface area contributed by atoms with E-state index in [1.54, 1.807) is 36.4 Å². The van der Waals surface area contributed by atoms with Gasteiger partial charge in [-0.05, 0) is 78.6 Å². The third kappa shape index (κ3) is 8.94. The fraction of sp³-hybridized carbons (Fsp3) is 0.345. The van der Waals surface area contributed by atoms with E-state index in [-0.39, 0.29) is 23.5 Å². The fourth-order valence-electron chi connectivity index (χ4n) is 3.96. The maximum absolute atomic E-state index is 13.1. The lowest BCUT2D eigenvalue weighted by molar-refractivity contribution is -0.143. The molecule has 0 aliphatic heterocycles. The van der Waals surface area contributed by atoms with Crippen molar-refractivity contribution in [1.29, 1.82) is 0 Å². The first kappa shape index (κ1) is 29.9. The van der Waals surface area contributed by atoms with Crippen LogP contribution < -0.4 is 15.2 Å². The molecule has 0 saturated carbocycles. The van der Waals surface area contributed by atoms with Gasteiger partial charge in [0.25, 0.3) is 0 Å². The Kier molecular flexibility index (Phi) is 9.88. The SMILES string of the molecule is CCCCCCC(Oc1ccc(OCc2cc(C(F)(F)F)cc(C(F)(F)F)c2)cc1)c1ccc(C(N)=O)cc1. The first-order valence-electron chi connectivity index (χ1n) is 12.4. The summed E-state index contributed by atoms with van der Waals surface area (Å²) in [5, 5.41) is 0. The number of hydrogen-bond acceptors (Lipinski definition) is 3. The summed E-state index contributed by atoms with van der Waals surface area (Å²) in [5.41, 5.74) is 3.52. The summed E-state index contributed by atoms with van der Waals surface area (Å²) in [5.74, 6) is 0.219. The average Bonchev–Trinajstić information content (AvgIpc) is 2.89. The molecule has 0 saturated heterocycles. The number of rotatable bonds is 12. The number of halogens is 6. The molecule has 3 aromatic rings. The van der Waals surface area contributed by atoms with Gasteiger partial charge in [0.2, 0.25) is 5.91 Å². The van der Waals surface area contributed by atoms with Gasteiger partial charge in [-0.2, -0.15) is 26.3 Å². The molecule has 39 heavy (non-hydrogen) atoms. The Bertz CT molecular complexity index is 1190. The Hall–Kier alpha value is -3.69. The molecule has 10 heteroatoms. The standard InChI is InChI=1S/C29H29F6NO3/c1-2-3-4-5-6-26(20-7-9-21(10-8-20)27(36)37)39-25-13-11-24(12-14-25)38-18-19-15-22(28(30,31)32)17-23(16-19)29(33,34)35/h7-17,26H,2-6,18H2,1H3,(H2,36,37). The molecule has 3 aromatic carbocycles. The van der Waals surface area contributed by atoms with Crippen LogP contribution in [-0.4, -0.2) is 5.91 Å². The van der Waals surface area contributed by atoms with Crippen LogP contribution in [0.15, 0.2) is 66.7 Å². The van der Waals surface area contributed by atoms with Crippen LogP contribution in [0.5, 0.6) is 11.5 Å². The van der Waals surface area contributed by atoms with Gasteiger partial charge >= 0.3 is 12.4 Å². The molecule has 0 aliphatic carbocycles. The van der Waals surface area contributed by atoms with Crippen LogP contribution in [0.25, 0.3) is 0 Å². The molecule has 1 amide bonds. The monoisotopic (exact) mass is 553 g/mol. The van der Waals surface area contributed by atoms with Gasteiger partial charge in [0.05, 0.1) is 11.1 Å². The molecule has 0 fully saturated rings. The minimum Gasteiger partial charge on any atom is -0.489 e. The molecule has 0 aliphatic rings. The Morgan fingerprint density at radius 3 is 1.87 bits per heavy atom. The Labute approximate surface area is 222 Å². The number of ether oxygens (including phenoxy) is 2. The van der Waals surface area contributed by atoms with Crippen molar-refractivity contribution in [2.75, 3.05) is 0 Å². The van der Waals surface area contributed by atoms with Crippen LogP contribution in [0.4, 0.5) is 26.3 Å². The van der Waals surface area contributed by atoms with Gasteiger partial charge < -0.3 is 15.2 Å². The van der Waals surface area contributed by atoms with Crippen LogP contribution in [0, 0.1) is 0 Å². The molecular formula is C29H29F6NO3. The molecular weight excluding hydrogens is 524 g/mol. The maximum atomic E-state index is 13.1. The third-order valence-electron chi connectivity index (χ3n) is 6.04. The van der Waals surface area contributed by atoms with Gasteiger partial charge in [-0.15, -0.1) is 0 Å². The Morgan fingerprint density at radius 2 is 1.36 bits per heavy atom. The molecule has 210 valence electrons. The van der Waals surface area contributed by atoms with Crippen LogP contribution in [-0.2, 0) is 19.0 Å². The normalized spacial score (nSPS) is 12.7. The Morgan fingerprint density at radius 1 is 0.795 bits per heavy atom. The van der Waals surface area contributed by atoms with E-state index in [0.29, 0.717) is 23.4 Å². The topological polar surface area (TPSA) is 61.6 Å². The minimum atomic E-state index is -4.93. The van der Waals surface area contributed by atoms with Gasteiger partial charge in [0.1, 0.15) is 24.2 Å². The molecule has 0 radical (unpaired) electrons. The summed E-state index contributed by atoms with van der Waals surface area (Å²) in [4.78, 5) is 11.4. The number of benzene rings is 3. The summed E-state index contributed by atoms with van der Waals surface area (Å²) in [6, 6.07) is 14.5. The van der Waals surface area contributed by atoms with Crippen molar-refractivity contribution in [2.45, 2.75) is 64.1 Å². The van der Waals surface area contributed by atoms with Crippen molar-refractivity contribution in [3.8, 4) is 11.5 Å². The zero-order valence-corrected chi connectivity index (χ0v) is 21.2. The number of primary amides is 1. The summed E-state index contributed by atoms with van der Waals surface area (Å²) in [6.07, 6.45) is -5.30. The first-order chi connectivity index (χ1) is 18.4. The van der Waals surface area contributed by atoms with Crippen LogP contribution in [0.2, 0.25) is 0 Å². The van der Waals surface area contributed by atoms with E-state index in [0.717, 1.165) is 37.7 Å². The highest BCUT2D eigenvalue weighted by molar-refractivity contribution is 5.92. The van der Waals surface area contributed by atoms with Crippen LogP contribution in [0.1, 0.15) is 77.7 Å². The van der Waals surface area contributed by atoms with Crippen molar-refractivity contribution in [2.24, 2.45) is 5.73 Å². The van der Waals surface area contributed by atoms with E-state index in [2.05, 4.69) is 6.92 Å².